The van der Waals surface area contributed by atoms with Crippen LogP contribution in [0.1, 0.15) is 24.5 Å². The maximum Gasteiger partial charge on any atom is 0.255 e. The van der Waals surface area contributed by atoms with Crippen molar-refractivity contribution in [1.82, 2.24) is 4.90 Å². The van der Waals surface area contributed by atoms with E-state index in [1.54, 1.807) is 25.1 Å². The van der Waals surface area contributed by atoms with Gasteiger partial charge < -0.3 is 26.2 Å². The summed E-state index contributed by atoms with van der Waals surface area (Å²) in [6, 6.07) is 3.53. The number of carbonyl (C=O) groups excluding carboxylic acids is 3. The summed E-state index contributed by atoms with van der Waals surface area (Å²) in [6.07, 6.45) is 0.0720. The lowest BCUT2D eigenvalue weighted by atomic mass is 9.56. The van der Waals surface area contributed by atoms with E-state index >= 15 is 0 Å². The molecule has 164 valence electrons. The van der Waals surface area contributed by atoms with E-state index in [9.17, 15) is 34.8 Å². The van der Waals surface area contributed by atoms with Gasteiger partial charge in [0, 0.05) is 11.5 Å². The van der Waals surface area contributed by atoms with Gasteiger partial charge in [0.1, 0.15) is 22.8 Å². The van der Waals surface area contributed by atoms with Crippen molar-refractivity contribution in [1.29, 1.82) is 0 Å². The Labute approximate surface area is 178 Å². The molecule has 9 heteroatoms. The van der Waals surface area contributed by atoms with Crippen LogP contribution in [0, 0.1) is 17.8 Å². The molecular formula is C22H24N2O7. The minimum atomic E-state index is -1.64. The van der Waals surface area contributed by atoms with Gasteiger partial charge in [-0.1, -0.05) is 12.1 Å². The highest BCUT2D eigenvalue weighted by Gasteiger charge is 2.59. The van der Waals surface area contributed by atoms with Gasteiger partial charge in [-0.3, -0.25) is 19.3 Å². The van der Waals surface area contributed by atoms with Gasteiger partial charge in [-0.05, 0) is 45.0 Å². The molecule has 5 unspecified atom stereocenters. The van der Waals surface area contributed by atoms with Gasteiger partial charge in [0.2, 0.25) is 0 Å². The van der Waals surface area contributed by atoms with Crippen molar-refractivity contribution >= 4 is 23.2 Å². The maximum absolute atomic E-state index is 13.6. The lowest BCUT2D eigenvalue weighted by Crippen LogP contribution is -2.57. The van der Waals surface area contributed by atoms with E-state index < -0.39 is 64.0 Å². The molecule has 1 aromatic rings. The average molecular weight is 428 g/mol. The Morgan fingerprint density at radius 2 is 1.81 bits per heavy atom. The van der Waals surface area contributed by atoms with Gasteiger partial charge in [-0.2, -0.15) is 0 Å². The third-order valence-electron chi connectivity index (χ3n) is 6.86. The number of nitrogens with zero attached hydrogens (tertiary/aromatic N) is 1. The number of nitrogens with two attached hydrogens (primary N) is 1. The highest BCUT2D eigenvalue weighted by atomic mass is 16.3. The molecule has 0 spiro atoms. The highest BCUT2D eigenvalue weighted by Crippen LogP contribution is 2.55. The average Bonchev–Trinajstić information content (AvgIpc) is 2.65. The van der Waals surface area contributed by atoms with Crippen LogP contribution in [0.25, 0.3) is 5.76 Å². The number of phenolic OH excluding ortho intramolecular Hbond substituents is 1. The van der Waals surface area contributed by atoms with E-state index in [0.717, 1.165) is 0 Å². The Bertz CT molecular complexity index is 1100. The fourth-order valence-electron chi connectivity index (χ4n) is 5.52. The Kier molecular flexibility index (Phi) is 4.53. The van der Waals surface area contributed by atoms with Crippen molar-refractivity contribution in [2.24, 2.45) is 23.5 Å². The summed E-state index contributed by atoms with van der Waals surface area (Å²) in [4.78, 5) is 40.1. The summed E-state index contributed by atoms with van der Waals surface area (Å²) < 4.78 is 0. The minimum Gasteiger partial charge on any atom is -0.510 e. The number of aliphatic hydroxyl groups excluding tert-OH is 2. The standard InChI is InChI=1S/C22H24N2O7/c1-22(31)9-5-4-6-11(25)13(9)19(28)14-10(22)7-8-12(17(14)26)18(27)15(21(23)30)20(29)16(8)24(2)3/h4-6,8,10,12,16,25,28-29,31H,7H2,1-3H3,(H2,23,30). The molecule has 0 aliphatic heterocycles. The number of rotatable bonds is 2. The van der Waals surface area contributed by atoms with Crippen molar-refractivity contribution in [2.45, 2.75) is 25.0 Å². The zero-order valence-electron chi connectivity index (χ0n) is 17.3. The predicted molar refractivity (Wildman–Crippen MR) is 109 cm³/mol. The topological polar surface area (TPSA) is 161 Å². The van der Waals surface area contributed by atoms with Crippen molar-refractivity contribution in [3.05, 3.63) is 46.2 Å². The van der Waals surface area contributed by atoms with Crippen LogP contribution in [-0.2, 0) is 20.0 Å². The Balaban J connectivity index is 1.97. The van der Waals surface area contributed by atoms with Gasteiger partial charge in [0.25, 0.3) is 5.91 Å². The largest absolute Gasteiger partial charge is 0.510 e. The molecule has 0 saturated heterocycles. The fourth-order valence-corrected chi connectivity index (χ4v) is 5.52. The molecular weight excluding hydrogens is 404 g/mol. The number of carbonyl (C=O) groups is 3. The lowest BCUT2D eigenvalue weighted by Gasteiger charge is -2.49. The van der Waals surface area contributed by atoms with E-state index in [0.29, 0.717) is 0 Å². The molecule has 5 atom stereocenters. The van der Waals surface area contributed by atoms with Gasteiger partial charge in [0.15, 0.2) is 11.6 Å². The van der Waals surface area contributed by atoms with Crippen LogP contribution in [0.15, 0.2) is 35.1 Å². The summed E-state index contributed by atoms with van der Waals surface area (Å²) in [6.45, 7) is 1.48. The zero-order valence-corrected chi connectivity index (χ0v) is 17.3. The number of hydrogen-bond acceptors (Lipinski definition) is 8. The number of phenols is 1. The smallest absolute Gasteiger partial charge is 0.255 e. The van der Waals surface area contributed by atoms with E-state index in [2.05, 4.69) is 0 Å². The number of amides is 1. The van der Waals surface area contributed by atoms with Gasteiger partial charge >= 0.3 is 0 Å². The summed E-state index contributed by atoms with van der Waals surface area (Å²) in [5.74, 6) is -7.12. The molecule has 1 aromatic carbocycles. The molecule has 31 heavy (non-hydrogen) atoms. The molecule has 1 amide bonds. The van der Waals surface area contributed by atoms with Crippen molar-refractivity contribution in [3.8, 4) is 5.75 Å². The number of likely N-dealkylation sites (N-methyl/N-ethyl adjacent to an activating group) is 1. The first-order chi connectivity index (χ1) is 14.4. The minimum absolute atomic E-state index is 0.0634. The number of aromatic hydroxyl groups is 1. The lowest BCUT2D eigenvalue weighted by molar-refractivity contribution is -0.139. The summed E-state index contributed by atoms with van der Waals surface area (Å²) in [5.41, 5.74) is 3.08. The van der Waals surface area contributed by atoms with Gasteiger partial charge in [-0.15, -0.1) is 0 Å². The van der Waals surface area contributed by atoms with E-state index in [1.165, 1.54) is 19.1 Å². The summed E-state index contributed by atoms with van der Waals surface area (Å²) in [7, 11) is 3.26. The maximum atomic E-state index is 13.6. The summed E-state index contributed by atoms with van der Waals surface area (Å²) >= 11 is 0. The normalized spacial score (nSPS) is 32.7. The summed E-state index contributed by atoms with van der Waals surface area (Å²) in [5, 5.41) is 43.3. The Hall–Kier alpha value is -3.17. The van der Waals surface area contributed by atoms with E-state index in [-0.39, 0.29) is 28.9 Å². The number of ketones is 2. The van der Waals surface area contributed by atoms with Crippen LogP contribution >= 0.6 is 0 Å². The number of primary amides is 1. The van der Waals surface area contributed by atoms with Crippen LogP contribution in [0.3, 0.4) is 0 Å². The Morgan fingerprint density at radius 3 is 2.39 bits per heavy atom. The number of hydrogen-bond donors (Lipinski definition) is 5. The molecule has 1 saturated carbocycles. The molecule has 0 radical (unpaired) electrons. The third-order valence-corrected chi connectivity index (χ3v) is 6.86. The van der Waals surface area contributed by atoms with Gasteiger partial charge in [-0.25, -0.2) is 0 Å². The van der Waals surface area contributed by atoms with Crippen LogP contribution in [-0.4, -0.2) is 62.9 Å². The van der Waals surface area contributed by atoms with Crippen LogP contribution in [0.2, 0.25) is 0 Å². The van der Waals surface area contributed by atoms with Crippen molar-refractivity contribution in [2.75, 3.05) is 14.1 Å². The second-order valence-electron chi connectivity index (χ2n) is 8.80. The molecule has 0 aromatic heterocycles. The first-order valence-corrected chi connectivity index (χ1v) is 9.87. The molecule has 1 fully saturated rings. The SMILES string of the molecule is CN(C)C1C(O)=C(C(N)=O)C(=O)C2C(=O)C3=C(O)c4c(O)cccc4C(C)(O)C3CC21. The Morgan fingerprint density at radius 1 is 1.16 bits per heavy atom. The van der Waals surface area contributed by atoms with Crippen molar-refractivity contribution < 1.29 is 34.8 Å². The first kappa shape index (κ1) is 21.1. The van der Waals surface area contributed by atoms with Crippen LogP contribution in [0.5, 0.6) is 5.75 Å². The molecule has 3 aliphatic carbocycles. The second kappa shape index (κ2) is 6.66. The zero-order chi connectivity index (χ0) is 23.0. The molecule has 0 heterocycles. The molecule has 0 bridgehead atoms. The number of fused-ring (bicyclic) bond motifs is 3. The van der Waals surface area contributed by atoms with Crippen LogP contribution in [0.4, 0.5) is 0 Å². The molecule has 6 N–H and O–H groups in total. The van der Waals surface area contributed by atoms with E-state index in [4.69, 9.17) is 5.73 Å². The van der Waals surface area contributed by atoms with Crippen LogP contribution < -0.4 is 5.73 Å². The first-order valence-electron chi connectivity index (χ1n) is 9.87. The highest BCUT2D eigenvalue weighted by molar-refractivity contribution is 6.28. The second-order valence-corrected chi connectivity index (χ2v) is 8.80. The molecule has 4 rings (SSSR count). The fraction of sp³-hybridized carbons (Fsp3) is 0.409. The number of benzene rings is 1. The van der Waals surface area contributed by atoms with Gasteiger partial charge in [0.05, 0.1) is 23.1 Å². The third kappa shape index (κ3) is 2.66. The molecule has 9 nitrogen and oxygen atoms in total. The predicted octanol–water partition coefficient (Wildman–Crippen LogP) is 0.514. The quantitative estimate of drug-likeness (QED) is 0.336. The van der Waals surface area contributed by atoms with Crippen molar-refractivity contribution in [3.63, 3.8) is 0 Å². The van der Waals surface area contributed by atoms with E-state index in [1.807, 2.05) is 0 Å². The number of aliphatic hydroxyl groups is 3. The monoisotopic (exact) mass is 428 g/mol. The number of Topliss-reactive ketones (excluding diaryl/α,β-unsaturated/α-hetero) is 2. The molecule has 3 aliphatic rings.